The van der Waals surface area contributed by atoms with Gasteiger partial charge in [0.05, 0.1) is 0 Å². The lowest BCUT2D eigenvalue weighted by Gasteiger charge is -2.05. The Morgan fingerprint density at radius 3 is 0.577 bits per heavy atom. The predicted octanol–water partition coefficient (Wildman–Crippen LogP) is 8.98. The Morgan fingerprint density at radius 2 is 0.423 bits per heavy atom. The Kier molecular flexibility index (Phi) is 22.1. The van der Waals surface area contributed by atoms with Crippen LogP contribution in [0.4, 0.5) is 0 Å². The second-order valence-corrected chi connectivity index (χ2v) is 16.5. The summed E-state index contributed by atoms with van der Waals surface area (Å²) in [7, 11) is -0.540. The molecule has 0 atom stereocenters. The number of hydrogen-bond donors (Lipinski definition) is 0. The molecule has 0 unspecified atom stereocenters. The van der Waals surface area contributed by atoms with Crippen molar-refractivity contribution in [2.75, 3.05) is 0 Å². The van der Waals surface area contributed by atoms with E-state index in [0.717, 1.165) is 0 Å². The zero-order valence-electron chi connectivity index (χ0n) is 19.3. The van der Waals surface area contributed by atoms with Gasteiger partial charge in [-0.2, -0.15) is 0 Å². The number of rotatable bonds is 21. The maximum absolute atomic E-state index is 2.48. The van der Waals surface area contributed by atoms with E-state index in [1.54, 1.807) is 12.1 Å². The van der Waals surface area contributed by atoms with Crippen LogP contribution in [0.25, 0.3) is 0 Å². The van der Waals surface area contributed by atoms with E-state index in [0.29, 0.717) is 0 Å². The fourth-order valence-corrected chi connectivity index (χ4v) is 6.14. The van der Waals surface area contributed by atoms with E-state index in [2.05, 4.69) is 26.2 Å². The minimum atomic E-state index is -0.270. The number of hydrogen-bond acceptors (Lipinski definition) is 0. The van der Waals surface area contributed by atoms with E-state index in [1.807, 2.05) is 0 Å². The van der Waals surface area contributed by atoms with Crippen molar-refractivity contribution in [3.05, 3.63) is 0 Å². The summed E-state index contributed by atoms with van der Waals surface area (Å²) in [4.78, 5) is 0. The topological polar surface area (TPSA) is 0 Å². The van der Waals surface area contributed by atoms with Crippen LogP contribution in [0.1, 0.15) is 116 Å². The summed E-state index contributed by atoms with van der Waals surface area (Å²) in [6.07, 6.45) is 27.0. The molecule has 0 aliphatic heterocycles. The molecule has 0 spiro atoms. The van der Waals surface area contributed by atoms with Gasteiger partial charge in [-0.1, -0.05) is 154 Å². The van der Waals surface area contributed by atoms with Crippen molar-refractivity contribution in [2.45, 2.75) is 154 Å². The zero-order chi connectivity index (χ0) is 19.3. The van der Waals surface area contributed by atoms with E-state index in [1.165, 1.54) is 116 Å². The van der Waals surface area contributed by atoms with E-state index in [-0.39, 0.29) is 17.6 Å². The van der Waals surface area contributed by atoms with Crippen LogP contribution in [-0.4, -0.2) is 17.6 Å². The van der Waals surface area contributed by atoms with Gasteiger partial charge in [-0.25, -0.2) is 0 Å². The van der Waals surface area contributed by atoms with Crippen molar-refractivity contribution in [1.29, 1.82) is 0 Å². The van der Waals surface area contributed by atoms with Gasteiger partial charge in [0, 0.05) is 17.6 Å². The van der Waals surface area contributed by atoms with E-state index >= 15 is 0 Å². The molecule has 0 aliphatic carbocycles. The Labute approximate surface area is 171 Å². The summed E-state index contributed by atoms with van der Waals surface area (Å²) in [5.41, 5.74) is 0. The van der Waals surface area contributed by atoms with Crippen molar-refractivity contribution in [3.63, 3.8) is 0 Å². The third-order valence-electron chi connectivity index (χ3n) is 5.81. The van der Waals surface area contributed by atoms with Crippen molar-refractivity contribution in [1.82, 2.24) is 0 Å². The van der Waals surface area contributed by atoms with E-state index in [4.69, 9.17) is 0 Å². The lowest BCUT2D eigenvalue weighted by Crippen LogP contribution is -1.97. The van der Waals surface area contributed by atoms with Gasteiger partial charge in [-0.05, 0) is 0 Å². The standard InChI is InChI=1S/C24H54Si2/c1-25(2)23-21-19-17-15-13-11-9-7-5-6-8-10-12-14-16-18-20-22-24-26(3)4/h25-26H,5-24H2,1-4H3. The molecule has 0 aromatic rings. The van der Waals surface area contributed by atoms with Crippen LogP contribution in [0.5, 0.6) is 0 Å². The first-order valence-corrected chi connectivity index (χ1v) is 18.9. The molecule has 0 heterocycles. The highest BCUT2D eigenvalue weighted by Gasteiger charge is 1.98. The van der Waals surface area contributed by atoms with Gasteiger partial charge in [0.15, 0.2) is 0 Å². The smallest absolute Gasteiger partial charge is 0.0305 e. The van der Waals surface area contributed by atoms with Crippen LogP contribution >= 0.6 is 0 Å². The maximum Gasteiger partial charge on any atom is 0.0305 e. The van der Waals surface area contributed by atoms with Crippen molar-refractivity contribution < 1.29 is 0 Å². The van der Waals surface area contributed by atoms with Crippen molar-refractivity contribution in [2.24, 2.45) is 0 Å². The summed E-state index contributed by atoms with van der Waals surface area (Å²) in [6, 6.07) is 3.14. The van der Waals surface area contributed by atoms with E-state index in [9.17, 15) is 0 Å². The normalized spacial score (nSPS) is 11.8. The lowest BCUT2D eigenvalue weighted by atomic mass is 10.0. The molecule has 0 radical (unpaired) electrons. The van der Waals surface area contributed by atoms with E-state index < -0.39 is 0 Å². The molecule has 0 aromatic carbocycles. The van der Waals surface area contributed by atoms with Gasteiger partial charge >= 0.3 is 0 Å². The molecular formula is C24H54Si2. The molecule has 2 heteroatoms. The molecule has 158 valence electrons. The first-order chi connectivity index (χ1) is 12.6. The Morgan fingerprint density at radius 1 is 0.269 bits per heavy atom. The Bertz CT molecular complexity index is 225. The maximum atomic E-state index is 2.48. The summed E-state index contributed by atoms with van der Waals surface area (Å²) in [5, 5.41) is 0. The molecule has 26 heavy (non-hydrogen) atoms. The molecule has 0 saturated carbocycles. The lowest BCUT2D eigenvalue weighted by molar-refractivity contribution is 0.526. The molecular weight excluding hydrogens is 344 g/mol. The molecule has 0 aliphatic rings. The second kappa shape index (κ2) is 21.7. The van der Waals surface area contributed by atoms with Crippen molar-refractivity contribution in [3.8, 4) is 0 Å². The minimum absolute atomic E-state index is 0.270. The van der Waals surface area contributed by atoms with Gasteiger partial charge in [-0.3, -0.25) is 0 Å². The van der Waals surface area contributed by atoms with Crippen LogP contribution in [0, 0.1) is 0 Å². The van der Waals surface area contributed by atoms with Gasteiger partial charge in [0.25, 0.3) is 0 Å². The van der Waals surface area contributed by atoms with Gasteiger partial charge in [0.2, 0.25) is 0 Å². The second-order valence-electron chi connectivity index (χ2n) is 9.73. The Balaban J connectivity index is 2.99. The van der Waals surface area contributed by atoms with Crippen molar-refractivity contribution >= 4 is 17.6 Å². The van der Waals surface area contributed by atoms with Crippen LogP contribution in [0.2, 0.25) is 38.3 Å². The van der Waals surface area contributed by atoms with Crippen LogP contribution in [-0.2, 0) is 0 Å². The first kappa shape index (κ1) is 26.4. The summed E-state index contributed by atoms with van der Waals surface area (Å²) < 4.78 is 0. The van der Waals surface area contributed by atoms with Crippen LogP contribution < -0.4 is 0 Å². The molecule has 0 N–H and O–H groups in total. The Hall–Kier alpha value is 0.434. The fraction of sp³-hybridized carbons (Fsp3) is 1.00. The minimum Gasteiger partial charge on any atom is -0.0722 e. The van der Waals surface area contributed by atoms with Gasteiger partial charge < -0.3 is 0 Å². The first-order valence-electron chi connectivity index (χ1n) is 12.6. The van der Waals surface area contributed by atoms with Crippen LogP contribution in [0.3, 0.4) is 0 Å². The molecule has 0 nitrogen and oxygen atoms in total. The third-order valence-corrected chi connectivity index (χ3v) is 8.94. The highest BCUT2D eigenvalue weighted by molar-refractivity contribution is 6.55. The molecule has 0 rings (SSSR count). The monoisotopic (exact) mass is 398 g/mol. The SMILES string of the molecule is C[SiH](C)CCCCCCCCCCCCCCCCCCCC[SiH](C)C. The predicted molar refractivity (Wildman–Crippen MR) is 130 cm³/mol. The molecule has 0 fully saturated rings. The summed E-state index contributed by atoms with van der Waals surface area (Å²) >= 11 is 0. The highest BCUT2D eigenvalue weighted by atomic mass is 28.3. The quantitative estimate of drug-likeness (QED) is 0.134. The van der Waals surface area contributed by atoms with Gasteiger partial charge in [0.1, 0.15) is 0 Å². The highest BCUT2D eigenvalue weighted by Crippen LogP contribution is 2.15. The zero-order valence-corrected chi connectivity index (χ0v) is 21.6. The molecule has 0 saturated heterocycles. The average molecular weight is 399 g/mol. The molecule has 0 amide bonds. The van der Waals surface area contributed by atoms with Gasteiger partial charge in [-0.15, -0.1) is 0 Å². The summed E-state index contributed by atoms with van der Waals surface area (Å²) in [6.45, 7) is 9.93. The average Bonchev–Trinajstić information content (AvgIpc) is 2.59. The fourth-order valence-electron chi connectivity index (χ4n) is 3.93. The van der Waals surface area contributed by atoms with Crippen LogP contribution in [0.15, 0.2) is 0 Å². The largest absolute Gasteiger partial charge is 0.0722 e. The third kappa shape index (κ3) is 24.4. The molecule has 0 aromatic heterocycles. The number of unbranched alkanes of at least 4 members (excludes halogenated alkanes) is 17. The summed E-state index contributed by atoms with van der Waals surface area (Å²) in [5.74, 6) is 0. The molecule has 0 bridgehead atoms.